The van der Waals surface area contributed by atoms with Crippen molar-refractivity contribution in [1.82, 2.24) is 4.90 Å². The molecule has 0 aliphatic rings. The molecule has 2 N–H and O–H groups in total. The standard InChI is InChI=1S/C15H26N2O/c1-5-12(3)17(6-2)11-14(16)13-9-7-8-10-15(13)18-4/h7-10,12,14H,5-6,11,16H2,1-4H3. The van der Waals surface area contributed by atoms with Gasteiger partial charge in [-0.3, -0.25) is 4.90 Å². The molecule has 0 radical (unpaired) electrons. The SMILES string of the molecule is CCC(C)N(CC)CC(N)c1ccccc1OC. The fourth-order valence-electron chi connectivity index (χ4n) is 2.20. The van der Waals surface area contributed by atoms with Crippen molar-refractivity contribution in [2.24, 2.45) is 5.73 Å². The minimum atomic E-state index is -0.00454. The summed E-state index contributed by atoms with van der Waals surface area (Å²) >= 11 is 0. The second kappa shape index (κ2) is 7.39. The summed E-state index contributed by atoms with van der Waals surface area (Å²) in [5.74, 6) is 0.880. The zero-order chi connectivity index (χ0) is 13.5. The summed E-state index contributed by atoms with van der Waals surface area (Å²) in [6.07, 6.45) is 1.15. The fraction of sp³-hybridized carbons (Fsp3) is 0.600. The van der Waals surface area contributed by atoms with Crippen molar-refractivity contribution >= 4 is 0 Å². The van der Waals surface area contributed by atoms with Crippen LogP contribution in [0.1, 0.15) is 38.8 Å². The van der Waals surface area contributed by atoms with Crippen LogP contribution in [0.5, 0.6) is 5.75 Å². The molecule has 0 amide bonds. The number of para-hydroxylation sites is 1. The first-order valence-corrected chi connectivity index (χ1v) is 6.76. The highest BCUT2D eigenvalue weighted by molar-refractivity contribution is 5.35. The maximum Gasteiger partial charge on any atom is 0.123 e. The van der Waals surface area contributed by atoms with Crippen molar-refractivity contribution < 1.29 is 4.74 Å². The number of likely N-dealkylation sites (N-methyl/N-ethyl adjacent to an activating group) is 1. The Bertz CT molecular complexity index is 354. The Morgan fingerprint density at radius 3 is 2.50 bits per heavy atom. The summed E-state index contributed by atoms with van der Waals surface area (Å²) in [4.78, 5) is 2.41. The number of benzene rings is 1. The maximum absolute atomic E-state index is 6.32. The molecule has 0 heterocycles. The Hall–Kier alpha value is -1.06. The number of hydrogen-bond donors (Lipinski definition) is 1. The number of nitrogens with zero attached hydrogens (tertiary/aromatic N) is 1. The lowest BCUT2D eigenvalue weighted by Crippen LogP contribution is -2.38. The molecule has 3 heteroatoms. The Morgan fingerprint density at radius 1 is 1.28 bits per heavy atom. The van der Waals surface area contributed by atoms with Crippen LogP contribution >= 0.6 is 0 Å². The van der Waals surface area contributed by atoms with Gasteiger partial charge in [-0.25, -0.2) is 0 Å². The smallest absolute Gasteiger partial charge is 0.123 e. The van der Waals surface area contributed by atoms with E-state index in [4.69, 9.17) is 10.5 Å². The van der Waals surface area contributed by atoms with E-state index < -0.39 is 0 Å². The molecule has 1 rings (SSSR count). The van der Waals surface area contributed by atoms with Crippen LogP contribution < -0.4 is 10.5 Å². The number of nitrogens with two attached hydrogens (primary N) is 1. The van der Waals surface area contributed by atoms with Crippen molar-refractivity contribution in [3.05, 3.63) is 29.8 Å². The Balaban J connectivity index is 2.77. The van der Waals surface area contributed by atoms with E-state index in [1.807, 2.05) is 24.3 Å². The van der Waals surface area contributed by atoms with Crippen LogP contribution in [-0.2, 0) is 0 Å². The third kappa shape index (κ3) is 3.72. The number of hydrogen-bond acceptors (Lipinski definition) is 3. The highest BCUT2D eigenvalue weighted by Gasteiger charge is 2.17. The van der Waals surface area contributed by atoms with E-state index in [2.05, 4.69) is 25.7 Å². The van der Waals surface area contributed by atoms with Gasteiger partial charge in [0.2, 0.25) is 0 Å². The monoisotopic (exact) mass is 250 g/mol. The molecule has 18 heavy (non-hydrogen) atoms. The van der Waals surface area contributed by atoms with Gasteiger partial charge in [-0.2, -0.15) is 0 Å². The van der Waals surface area contributed by atoms with Gasteiger partial charge in [-0.05, 0) is 26.0 Å². The van der Waals surface area contributed by atoms with E-state index in [0.717, 1.165) is 30.8 Å². The highest BCUT2D eigenvalue weighted by Crippen LogP contribution is 2.24. The Labute approximate surface area is 111 Å². The van der Waals surface area contributed by atoms with E-state index in [1.54, 1.807) is 7.11 Å². The minimum Gasteiger partial charge on any atom is -0.496 e. The molecule has 1 aromatic rings. The lowest BCUT2D eigenvalue weighted by molar-refractivity contribution is 0.201. The summed E-state index contributed by atoms with van der Waals surface area (Å²) < 4.78 is 5.37. The lowest BCUT2D eigenvalue weighted by atomic mass is 10.0. The van der Waals surface area contributed by atoms with Crippen molar-refractivity contribution in [3.8, 4) is 5.75 Å². The van der Waals surface area contributed by atoms with Gasteiger partial charge in [-0.1, -0.05) is 32.0 Å². The number of rotatable bonds is 7. The Morgan fingerprint density at radius 2 is 1.94 bits per heavy atom. The molecule has 0 fully saturated rings. The van der Waals surface area contributed by atoms with E-state index >= 15 is 0 Å². The maximum atomic E-state index is 6.32. The quantitative estimate of drug-likeness (QED) is 0.808. The topological polar surface area (TPSA) is 38.5 Å². The summed E-state index contributed by atoms with van der Waals surface area (Å²) in [6, 6.07) is 8.56. The number of ether oxygens (including phenoxy) is 1. The van der Waals surface area contributed by atoms with E-state index in [0.29, 0.717) is 6.04 Å². The molecule has 0 aliphatic carbocycles. The van der Waals surface area contributed by atoms with Crippen LogP contribution in [0.4, 0.5) is 0 Å². The molecule has 0 saturated carbocycles. The van der Waals surface area contributed by atoms with Gasteiger partial charge in [0, 0.05) is 24.2 Å². The van der Waals surface area contributed by atoms with Gasteiger partial charge < -0.3 is 10.5 Å². The van der Waals surface area contributed by atoms with Crippen LogP contribution in [-0.4, -0.2) is 31.1 Å². The molecular weight excluding hydrogens is 224 g/mol. The van der Waals surface area contributed by atoms with Crippen LogP contribution in [0, 0.1) is 0 Å². The molecule has 0 saturated heterocycles. The molecule has 102 valence electrons. The van der Waals surface area contributed by atoms with E-state index in [9.17, 15) is 0 Å². The van der Waals surface area contributed by atoms with Crippen LogP contribution in [0.2, 0.25) is 0 Å². The largest absolute Gasteiger partial charge is 0.496 e. The first-order valence-electron chi connectivity index (χ1n) is 6.76. The van der Waals surface area contributed by atoms with Crippen molar-refractivity contribution in [3.63, 3.8) is 0 Å². The second-order valence-corrected chi connectivity index (χ2v) is 4.69. The summed E-state index contributed by atoms with van der Waals surface area (Å²) in [6.45, 7) is 8.53. The van der Waals surface area contributed by atoms with Crippen molar-refractivity contribution in [2.75, 3.05) is 20.2 Å². The highest BCUT2D eigenvalue weighted by atomic mass is 16.5. The average molecular weight is 250 g/mol. The van der Waals surface area contributed by atoms with Crippen LogP contribution in [0.3, 0.4) is 0 Å². The first kappa shape index (κ1) is 15.0. The molecule has 2 unspecified atom stereocenters. The normalized spacial score (nSPS) is 14.6. The third-order valence-electron chi connectivity index (χ3n) is 3.59. The summed E-state index contributed by atoms with van der Waals surface area (Å²) in [5.41, 5.74) is 7.40. The molecule has 0 spiro atoms. The van der Waals surface area contributed by atoms with Gasteiger partial charge in [0.05, 0.1) is 7.11 Å². The molecule has 3 nitrogen and oxygen atoms in total. The predicted octanol–water partition coefficient (Wildman–Crippen LogP) is 2.82. The minimum absolute atomic E-state index is 0.00454. The second-order valence-electron chi connectivity index (χ2n) is 4.69. The molecule has 0 bridgehead atoms. The zero-order valence-electron chi connectivity index (χ0n) is 12.0. The van der Waals surface area contributed by atoms with E-state index in [-0.39, 0.29) is 6.04 Å². The first-order chi connectivity index (χ1) is 8.63. The van der Waals surface area contributed by atoms with Gasteiger partial charge >= 0.3 is 0 Å². The predicted molar refractivity (Wildman–Crippen MR) is 76.9 cm³/mol. The van der Waals surface area contributed by atoms with Crippen LogP contribution in [0.25, 0.3) is 0 Å². The van der Waals surface area contributed by atoms with E-state index in [1.165, 1.54) is 0 Å². The third-order valence-corrected chi connectivity index (χ3v) is 3.59. The van der Waals surface area contributed by atoms with Gasteiger partial charge in [-0.15, -0.1) is 0 Å². The van der Waals surface area contributed by atoms with Crippen molar-refractivity contribution in [1.29, 1.82) is 0 Å². The van der Waals surface area contributed by atoms with Gasteiger partial charge in [0.15, 0.2) is 0 Å². The number of methoxy groups -OCH3 is 1. The molecular formula is C15H26N2O. The average Bonchev–Trinajstić information content (AvgIpc) is 2.43. The molecule has 1 aromatic carbocycles. The molecule has 2 atom stereocenters. The van der Waals surface area contributed by atoms with Crippen LogP contribution in [0.15, 0.2) is 24.3 Å². The molecule has 0 aliphatic heterocycles. The zero-order valence-corrected chi connectivity index (χ0v) is 12.0. The summed E-state index contributed by atoms with van der Waals surface area (Å²) in [7, 11) is 1.69. The molecule has 0 aromatic heterocycles. The van der Waals surface area contributed by atoms with Crippen molar-refractivity contribution in [2.45, 2.75) is 39.3 Å². The van der Waals surface area contributed by atoms with Gasteiger partial charge in [0.25, 0.3) is 0 Å². The lowest BCUT2D eigenvalue weighted by Gasteiger charge is -2.30. The summed E-state index contributed by atoms with van der Waals surface area (Å²) in [5, 5.41) is 0. The Kier molecular flexibility index (Phi) is 6.16. The van der Waals surface area contributed by atoms with Gasteiger partial charge in [0.1, 0.15) is 5.75 Å². The fourth-order valence-corrected chi connectivity index (χ4v) is 2.20.